The van der Waals surface area contributed by atoms with Crippen LogP contribution in [0.25, 0.3) is 0 Å². The van der Waals surface area contributed by atoms with E-state index in [-0.39, 0.29) is 11.0 Å². The molecule has 2 aromatic carbocycles. The van der Waals surface area contributed by atoms with Crippen LogP contribution < -0.4 is 20.1 Å². The van der Waals surface area contributed by atoms with Crippen LogP contribution in [0.3, 0.4) is 0 Å². The molecule has 5 nitrogen and oxygen atoms in total. The molecule has 0 saturated heterocycles. The summed E-state index contributed by atoms with van der Waals surface area (Å²) in [4.78, 5) is 12.7. The second kappa shape index (κ2) is 11.7. The number of ether oxygens (including phenoxy) is 2. The highest BCUT2D eigenvalue weighted by molar-refractivity contribution is 7.80. The van der Waals surface area contributed by atoms with Crippen molar-refractivity contribution in [3.63, 3.8) is 0 Å². The van der Waals surface area contributed by atoms with Gasteiger partial charge in [-0.05, 0) is 74.7 Å². The van der Waals surface area contributed by atoms with Crippen LogP contribution in [0.4, 0.5) is 5.69 Å². The zero-order chi connectivity index (χ0) is 22.9. The van der Waals surface area contributed by atoms with Crippen LogP contribution >= 0.6 is 12.2 Å². The van der Waals surface area contributed by atoms with Crippen molar-refractivity contribution in [3.8, 4) is 11.5 Å². The largest absolute Gasteiger partial charge is 0.494 e. The van der Waals surface area contributed by atoms with Crippen molar-refractivity contribution in [3.05, 3.63) is 53.6 Å². The summed E-state index contributed by atoms with van der Waals surface area (Å²) in [6, 6.07) is 13.7. The lowest BCUT2D eigenvalue weighted by atomic mass is 9.87. The molecular formula is C25H34N2O3S. The number of amides is 1. The number of nitrogens with one attached hydrogen (secondary N) is 2. The van der Waals surface area contributed by atoms with Gasteiger partial charge >= 0.3 is 0 Å². The maximum absolute atomic E-state index is 12.7. The van der Waals surface area contributed by atoms with Gasteiger partial charge in [-0.15, -0.1) is 0 Å². The first-order valence-corrected chi connectivity index (χ1v) is 11.2. The molecule has 0 spiro atoms. The molecule has 0 unspecified atom stereocenters. The highest BCUT2D eigenvalue weighted by Crippen LogP contribution is 2.24. The first-order chi connectivity index (χ1) is 14.7. The molecular weight excluding hydrogens is 408 g/mol. The number of rotatable bonds is 10. The first-order valence-electron chi connectivity index (χ1n) is 10.8. The van der Waals surface area contributed by atoms with Gasteiger partial charge in [-0.1, -0.05) is 39.0 Å². The van der Waals surface area contributed by atoms with Gasteiger partial charge in [-0.25, -0.2) is 0 Å². The highest BCUT2D eigenvalue weighted by Gasteiger charge is 2.27. The van der Waals surface area contributed by atoms with Crippen LogP contribution in [0.1, 0.15) is 51.2 Å². The fourth-order valence-corrected chi connectivity index (χ4v) is 3.20. The summed E-state index contributed by atoms with van der Waals surface area (Å²) < 4.78 is 11.5. The number of thiocarbonyl (C=S) groups is 1. The third-order valence-corrected chi connectivity index (χ3v) is 5.16. The number of carbonyl (C=O) groups excluding carboxylic acids is 1. The van der Waals surface area contributed by atoms with E-state index in [1.165, 1.54) is 5.56 Å². The molecule has 168 valence electrons. The van der Waals surface area contributed by atoms with Crippen LogP contribution in [0.2, 0.25) is 0 Å². The number of aryl methyl sites for hydroxylation is 2. The summed E-state index contributed by atoms with van der Waals surface area (Å²) in [5, 5.41) is 6.14. The summed E-state index contributed by atoms with van der Waals surface area (Å²) in [6.07, 6.45) is 2.40. The Balaban J connectivity index is 1.80. The highest BCUT2D eigenvalue weighted by atomic mass is 32.1. The van der Waals surface area contributed by atoms with E-state index in [4.69, 9.17) is 21.7 Å². The summed E-state index contributed by atoms with van der Waals surface area (Å²) in [6.45, 7) is 11.2. The van der Waals surface area contributed by atoms with E-state index in [0.717, 1.165) is 35.6 Å². The Morgan fingerprint density at radius 3 is 2.58 bits per heavy atom. The Bertz CT molecular complexity index is 896. The van der Waals surface area contributed by atoms with Gasteiger partial charge in [-0.2, -0.15) is 0 Å². The van der Waals surface area contributed by atoms with Crippen LogP contribution in [-0.2, 0) is 4.79 Å². The standard InChI is InChI=1S/C25H34N2O3S/c1-6-14-29-21-10-7-9-20(17-21)26-24(31)27-23(28)25(4,5)13-8-15-30-22-16-18(2)11-12-19(22)3/h7,9-12,16-17H,6,8,13-15H2,1-5H3,(H2,26,27,28,31). The third-order valence-electron chi connectivity index (χ3n) is 4.95. The second-order valence-corrected chi connectivity index (χ2v) is 8.80. The number of hydrogen-bond donors (Lipinski definition) is 2. The van der Waals surface area contributed by atoms with Gasteiger partial charge in [-0.3, -0.25) is 4.79 Å². The van der Waals surface area contributed by atoms with Gasteiger partial charge in [0.05, 0.1) is 13.2 Å². The molecule has 0 aliphatic rings. The van der Waals surface area contributed by atoms with E-state index < -0.39 is 5.41 Å². The quantitative estimate of drug-likeness (QED) is 0.360. The Hall–Kier alpha value is -2.60. The molecule has 0 aliphatic carbocycles. The van der Waals surface area contributed by atoms with Crippen LogP contribution in [0.5, 0.6) is 11.5 Å². The minimum atomic E-state index is -0.567. The molecule has 0 aromatic heterocycles. The second-order valence-electron chi connectivity index (χ2n) is 8.39. The predicted octanol–water partition coefficient (Wildman–Crippen LogP) is 5.79. The monoisotopic (exact) mass is 442 g/mol. The summed E-state index contributed by atoms with van der Waals surface area (Å²) in [7, 11) is 0. The molecule has 0 atom stereocenters. The maximum Gasteiger partial charge on any atom is 0.231 e. The van der Waals surface area contributed by atoms with E-state index in [1.807, 2.05) is 58.0 Å². The maximum atomic E-state index is 12.7. The smallest absolute Gasteiger partial charge is 0.231 e. The fraction of sp³-hybridized carbons (Fsp3) is 0.440. The fourth-order valence-electron chi connectivity index (χ4n) is 2.99. The summed E-state index contributed by atoms with van der Waals surface area (Å²) in [5.41, 5.74) is 2.49. The van der Waals surface area contributed by atoms with Gasteiger partial charge in [0, 0.05) is 17.2 Å². The van der Waals surface area contributed by atoms with Crippen molar-refractivity contribution in [1.82, 2.24) is 5.32 Å². The zero-order valence-corrected chi connectivity index (χ0v) is 20.0. The molecule has 0 heterocycles. The number of anilines is 1. The molecule has 6 heteroatoms. The van der Waals surface area contributed by atoms with Crippen LogP contribution in [-0.4, -0.2) is 24.2 Å². The van der Waals surface area contributed by atoms with Gasteiger partial charge in [0.25, 0.3) is 0 Å². The average molecular weight is 443 g/mol. The van der Waals surface area contributed by atoms with Gasteiger partial charge in [0.2, 0.25) is 5.91 Å². The lowest BCUT2D eigenvalue weighted by Gasteiger charge is -2.24. The lowest BCUT2D eigenvalue weighted by molar-refractivity contribution is -0.128. The summed E-state index contributed by atoms with van der Waals surface area (Å²) >= 11 is 5.33. The average Bonchev–Trinajstić information content (AvgIpc) is 2.72. The molecule has 0 fully saturated rings. The Kier molecular flexibility index (Phi) is 9.31. The zero-order valence-electron chi connectivity index (χ0n) is 19.2. The van der Waals surface area contributed by atoms with E-state index in [2.05, 4.69) is 29.7 Å². The number of benzene rings is 2. The molecule has 0 radical (unpaired) electrons. The minimum Gasteiger partial charge on any atom is -0.494 e. The first kappa shape index (κ1) is 24.7. The van der Waals surface area contributed by atoms with Crippen molar-refractivity contribution in [2.45, 2.75) is 53.9 Å². The molecule has 31 heavy (non-hydrogen) atoms. The van der Waals surface area contributed by atoms with Crippen LogP contribution in [0, 0.1) is 19.3 Å². The van der Waals surface area contributed by atoms with Crippen molar-refractivity contribution in [2.24, 2.45) is 5.41 Å². The van der Waals surface area contributed by atoms with Crippen molar-refractivity contribution in [1.29, 1.82) is 0 Å². The van der Waals surface area contributed by atoms with Crippen LogP contribution in [0.15, 0.2) is 42.5 Å². The number of hydrogen-bond acceptors (Lipinski definition) is 4. The van der Waals surface area contributed by atoms with Crippen molar-refractivity contribution in [2.75, 3.05) is 18.5 Å². The van der Waals surface area contributed by atoms with Crippen molar-refractivity contribution < 1.29 is 14.3 Å². The number of carbonyl (C=O) groups is 1. The Morgan fingerprint density at radius 1 is 1.06 bits per heavy atom. The Morgan fingerprint density at radius 2 is 1.84 bits per heavy atom. The molecule has 2 aromatic rings. The SMILES string of the molecule is CCCOc1cccc(NC(=S)NC(=O)C(C)(C)CCCOc2cc(C)ccc2C)c1. The molecule has 0 aliphatic heterocycles. The minimum absolute atomic E-state index is 0.116. The van der Waals surface area contributed by atoms with Crippen molar-refractivity contribution >= 4 is 28.9 Å². The molecule has 1 amide bonds. The molecule has 0 bridgehead atoms. The predicted molar refractivity (Wildman–Crippen MR) is 131 cm³/mol. The molecule has 2 N–H and O–H groups in total. The summed E-state index contributed by atoms with van der Waals surface area (Å²) in [5.74, 6) is 1.55. The van der Waals surface area contributed by atoms with Gasteiger partial charge in [0.1, 0.15) is 11.5 Å². The van der Waals surface area contributed by atoms with Gasteiger partial charge < -0.3 is 20.1 Å². The van der Waals surface area contributed by atoms with Gasteiger partial charge in [0.15, 0.2) is 5.11 Å². The van der Waals surface area contributed by atoms with E-state index in [9.17, 15) is 4.79 Å². The normalized spacial score (nSPS) is 11.0. The molecule has 0 saturated carbocycles. The third kappa shape index (κ3) is 8.21. The van der Waals surface area contributed by atoms with E-state index >= 15 is 0 Å². The lowest BCUT2D eigenvalue weighted by Crippen LogP contribution is -2.42. The topological polar surface area (TPSA) is 59.6 Å². The Labute approximate surface area is 191 Å². The molecule has 2 rings (SSSR count). The van der Waals surface area contributed by atoms with E-state index in [0.29, 0.717) is 19.6 Å². The van der Waals surface area contributed by atoms with E-state index in [1.54, 1.807) is 0 Å².